The molecule has 1 aliphatic carbocycles. The van der Waals surface area contributed by atoms with Crippen LogP contribution in [0.4, 0.5) is 0 Å². The molecule has 2 atom stereocenters. The molecular weight excluding hydrogens is 124 g/mol. The van der Waals surface area contributed by atoms with Crippen LogP contribution in [-0.4, -0.2) is 5.78 Å². The number of carbonyl (C=O) groups is 1. The van der Waals surface area contributed by atoms with Crippen LogP contribution in [-0.2, 0) is 4.79 Å². The van der Waals surface area contributed by atoms with Gasteiger partial charge in [-0.05, 0) is 18.4 Å². The Morgan fingerprint density at radius 3 is 2.90 bits per heavy atom. The Morgan fingerprint density at radius 1 is 1.80 bits per heavy atom. The van der Waals surface area contributed by atoms with E-state index < -0.39 is 0 Å². The predicted octanol–water partition coefficient (Wildman–Crippen LogP) is 1.94. The number of carbonyl (C=O) groups excluding carboxylic acids is 1. The molecule has 0 aromatic carbocycles. The number of ketones is 1. The van der Waals surface area contributed by atoms with Crippen molar-refractivity contribution in [2.24, 2.45) is 11.8 Å². The maximum atomic E-state index is 11.0. The third kappa shape index (κ3) is 1.19. The van der Waals surface area contributed by atoms with E-state index >= 15 is 0 Å². The van der Waals surface area contributed by atoms with Gasteiger partial charge >= 0.3 is 0 Å². The second-order valence-corrected chi connectivity index (χ2v) is 2.83. The van der Waals surface area contributed by atoms with E-state index in [0.29, 0.717) is 11.7 Å². The van der Waals surface area contributed by atoms with E-state index in [1.807, 2.05) is 13.0 Å². The number of Topliss-reactive ketones (excluding diaryl/α,β-unsaturated/α-hetero) is 1. The predicted molar refractivity (Wildman–Crippen MR) is 40.6 cm³/mol. The molecule has 0 radical (unpaired) electrons. The summed E-state index contributed by atoms with van der Waals surface area (Å²) in [7, 11) is 0. The molecule has 10 heavy (non-hydrogen) atoms. The second kappa shape index (κ2) is 2.85. The van der Waals surface area contributed by atoms with Gasteiger partial charge < -0.3 is 0 Å². The average Bonchev–Trinajstić information content (AvgIpc) is 2.20. The highest BCUT2D eigenvalue weighted by atomic mass is 16.1. The van der Waals surface area contributed by atoms with Gasteiger partial charge in [-0.3, -0.25) is 4.79 Å². The summed E-state index contributed by atoms with van der Waals surface area (Å²) in [6.45, 7) is 5.47. The Balaban J connectivity index is 2.65. The highest BCUT2D eigenvalue weighted by molar-refractivity contribution is 5.83. The Labute approximate surface area is 61.4 Å². The third-order valence-electron chi connectivity index (χ3n) is 2.21. The fraction of sp³-hybridized carbons (Fsp3) is 0.556. The standard InChI is InChI=1S/C9H12O/c1-3-4-8-5-6-9(10)7(8)2/h4,7-8H,1,5-6H2,2H3. The van der Waals surface area contributed by atoms with Gasteiger partial charge in [-0.25, -0.2) is 0 Å². The lowest BCUT2D eigenvalue weighted by atomic mass is 9.98. The zero-order chi connectivity index (χ0) is 7.56. The molecule has 0 saturated heterocycles. The van der Waals surface area contributed by atoms with Crippen molar-refractivity contribution in [2.75, 3.05) is 0 Å². The van der Waals surface area contributed by atoms with Crippen molar-refractivity contribution in [1.82, 2.24) is 0 Å². The summed E-state index contributed by atoms with van der Waals surface area (Å²) >= 11 is 0. The summed E-state index contributed by atoms with van der Waals surface area (Å²) in [5.41, 5.74) is 2.73. The van der Waals surface area contributed by atoms with E-state index in [9.17, 15) is 4.79 Å². The van der Waals surface area contributed by atoms with Crippen molar-refractivity contribution in [3.63, 3.8) is 0 Å². The summed E-state index contributed by atoms with van der Waals surface area (Å²) in [6.07, 6.45) is 3.64. The molecule has 0 heterocycles. The normalized spacial score (nSPS) is 31.9. The fourth-order valence-corrected chi connectivity index (χ4v) is 1.40. The first-order valence-corrected chi connectivity index (χ1v) is 3.64. The van der Waals surface area contributed by atoms with Crippen LogP contribution < -0.4 is 0 Å². The summed E-state index contributed by atoms with van der Waals surface area (Å²) < 4.78 is 0. The lowest BCUT2D eigenvalue weighted by Gasteiger charge is -2.05. The largest absolute Gasteiger partial charge is 0.299 e. The van der Waals surface area contributed by atoms with Crippen molar-refractivity contribution in [3.8, 4) is 0 Å². The number of hydrogen-bond donors (Lipinski definition) is 0. The summed E-state index contributed by atoms with van der Waals surface area (Å²) in [5.74, 6) is 0.996. The Bertz CT molecular complexity index is 187. The van der Waals surface area contributed by atoms with Crippen LogP contribution in [0.5, 0.6) is 0 Å². The van der Waals surface area contributed by atoms with Crippen molar-refractivity contribution in [2.45, 2.75) is 19.8 Å². The molecule has 0 aliphatic heterocycles. The van der Waals surface area contributed by atoms with Gasteiger partial charge in [0.2, 0.25) is 0 Å². The Hall–Kier alpha value is -0.810. The van der Waals surface area contributed by atoms with E-state index in [2.05, 4.69) is 12.3 Å². The van der Waals surface area contributed by atoms with Crippen LogP contribution in [0.3, 0.4) is 0 Å². The van der Waals surface area contributed by atoms with Gasteiger partial charge in [0.05, 0.1) is 0 Å². The maximum absolute atomic E-state index is 11.0. The Kier molecular flexibility index (Phi) is 2.08. The van der Waals surface area contributed by atoms with Crippen LogP contribution >= 0.6 is 0 Å². The van der Waals surface area contributed by atoms with Gasteiger partial charge in [0.1, 0.15) is 5.78 Å². The first-order chi connectivity index (χ1) is 4.75. The number of hydrogen-bond acceptors (Lipinski definition) is 1. The molecule has 54 valence electrons. The second-order valence-electron chi connectivity index (χ2n) is 2.83. The minimum Gasteiger partial charge on any atom is -0.299 e. The maximum Gasteiger partial charge on any atom is 0.136 e. The molecule has 0 spiro atoms. The molecule has 1 saturated carbocycles. The van der Waals surface area contributed by atoms with Gasteiger partial charge in [0.25, 0.3) is 0 Å². The molecule has 1 rings (SSSR count). The van der Waals surface area contributed by atoms with Crippen molar-refractivity contribution < 1.29 is 4.79 Å². The SMILES string of the molecule is C=C=CC1CCC(=O)C1C. The summed E-state index contributed by atoms with van der Waals surface area (Å²) in [4.78, 5) is 11.0. The molecular formula is C9H12O. The number of allylic oxidation sites excluding steroid dienone is 1. The van der Waals surface area contributed by atoms with Gasteiger partial charge in [0.15, 0.2) is 0 Å². The van der Waals surface area contributed by atoms with E-state index in [-0.39, 0.29) is 5.92 Å². The molecule has 0 aromatic heterocycles. The third-order valence-corrected chi connectivity index (χ3v) is 2.21. The van der Waals surface area contributed by atoms with E-state index in [0.717, 1.165) is 12.8 Å². The van der Waals surface area contributed by atoms with E-state index in [1.165, 1.54) is 0 Å². The highest BCUT2D eigenvalue weighted by Crippen LogP contribution is 2.28. The van der Waals surface area contributed by atoms with E-state index in [4.69, 9.17) is 0 Å². The van der Waals surface area contributed by atoms with Gasteiger partial charge in [-0.1, -0.05) is 13.5 Å². The van der Waals surface area contributed by atoms with Crippen LogP contribution in [0.15, 0.2) is 18.4 Å². The van der Waals surface area contributed by atoms with Gasteiger partial charge in [-0.15, -0.1) is 5.73 Å². The van der Waals surface area contributed by atoms with Crippen LogP contribution in [0.1, 0.15) is 19.8 Å². The summed E-state index contributed by atoms with van der Waals surface area (Å²) in [5, 5.41) is 0. The average molecular weight is 136 g/mol. The molecule has 1 heteroatoms. The number of rotatable bonds is 1. The smallest absolute Gasteiger partial charge is 0.136 e. The first-order valence-electron chi connectivity index (χ1n) is 3.64. The van der Waals surface area contributed by atoms with Crippen LogP contribution in [0.2, 0.25) is 0 Å². The monoisotopic (exact) mass is 136 g/mol. The zero-order valence-electron chi connectivity index (χ0n) is 6.26. The molecule has 1 aliphatic rings. The van der Waals surface area contributed by atoms with Crippen molar-refractivity contribution >= 4 is 5.78 Å². The lowest BCUT2D eigenvalue weighted by molar-refractivity contribution is -0.120. The fourth-order valence-electron chi connectivity index (χ4n) is 1.40. The minimum absolute atomic E-state index is 0.203. The first kappa shape index (κ1) is 7.30. The molecule has 0 aromatic rings. The highest BCUT2D eigenvalue weighted by Gasteiger charge is 2.28. The quantitative estimate of drug-likeness (QED) is 0.503. The molecule has 1 fully saturated rings. The van der Waals surface area contributed by atoms with E-state index in [1.54, 1.807) is 0 Å². The van der Waals surface area contributed by atoms with Crippen molar-refractivity contribution in [3.05, 3.63) is 18.4 Å². The summed E-state index contributed by atoms with van der Waals surface area (Å²) in [6, 6.07) is 0. The van der Waals surface area contributed by atoms with Crippen LogP contribution in [0, 0.1) is 11.8 Å². The molecule has 1 nitrogen and oxygen atoms in total. The van der Waals surface area contributed by atoms with Crippen LogP contribution in [0.25, 0.3) is 0 Å². The minimum atomic E-state index is 0.203. The lowest BCUT2D eigenvalue weighted by Crippen LogP contribution is -2.07. The van der Waals surface area contributed by atoms with Gasteiger partial charge in [0, 0.05) is 12.3 Å². The molecule has 0 bridgehead atoms. The van der Waals surface area contributed by atoms with Crippen molar-refractivity contribution in [1.29, 1.82) is 0 Å². The molecule has 2 unspecified atom stereocenters. The molecule has 0 amide bonds. The Morgan fingerprint density at radius 2 is 2.50 bits per heavy atom. The van der Waals surface area contributed by atoms with Gasteiger partial charge in [-0.2, -0.15) is 0 Å². The topological polar surface area (TPSA) is 17.1 Å². The zero-order valence-corrected chi connectivity index (χ0v) is 6.26. The molecule has 0 N–H and O–H groups in total.